The van der Waals surface area contributed by atoms with Gasteiger partial charge >= 0.3 is 0 Å². The molecule has 0 aliphatic heterocycles. The molecule has 7 heteroatoms. The van der Waals surface area contributed by atoms with Crippen LogP contribution in [-0.4, -0.2) is 20.9 Å². The van der Waals surface area contributed by atoms with Crippen molar-refractivity contribution in [2.24, 2.45) is 0 Å². The second-order valence-corrected chi connectivity index (χ2v) is 9.33. The zero-order valence-electron chi connectivity index (χ0n) is 20.0. The van der Waals surface area contributed by atoms with Crippen LogP contribution < -0.4 is 10.6 Å². The van der Waals surface area contributed by atoms with Crippen molar-refractivity contribution in [1.82, 2.24) is 20.3 Å². The number of carbonyl (C=O) groups excluding carboxylic acids is 1. The molecule has 0 spiro atoms. The molecule has 0 saturated carbocycles. The van der Waals surface area contributed by atoms with E-state index in [4.69, 9.17) is 4.98 Å². The number of aromatic nitrogens is 3. The highest BCUT2D eigenvalue weighted by atomic mass is 32.1. The Morgan fingerprint density at radius 1 is 0.806 bits per heavy atom. The van der Waals surface area contributed by atoms with E-state index in [-0.39, 0.29) is 5.91 Å². The molecule has 0 atom stereocenters. The highest BCUT2D eigenvalue weighted by Crippen LogP contribution is 2.29. The Morgan fingerprint density at radius 2 is 1.56 bits per heavy atom. The van der Waals surface area contributed by atoms with Crippen LogP contribution in [0.5, 0.6) is 0 Å². The molecule has 36 heavy (non-hydrogen) atoms. The van der Waals surface area contributed by atoms with Crippen LogP contribution in [0.15, 0.2) is 90.3 Å². The molecule has 2 N–H and O–H groups in total. The highest BCUT2D eigenvalue weighted by Gasteiger charge is 2.10. The maximum Gasteiger partial charge on any atom is 0.251 e. The number of nitrogens with zero attached hydrogens (tertiary/aromatic N) is 3. The van der Waals surface area contributed by atoms with E-state index in [1.54, 1.807) is 23.5 Å². The van der Waals surface area contributed by atoms with E-state index in [0.29, 0.717) is 18.1 Å². The van der Waals surface area contributed by atoms with E-state index in [2.05, 4.69) is 44.2 Å². The maximum atomic E-state index is 12.9. The largest absolute Gasteiger partial charge is 0.348 e. The van der Waals surface area contributed by atoms with Gasteiger partial charge in [0.15, 0.2) is 0 Å². The number of hydrogen-bond donors (Lipinski definition) is 2. The number of carbonyl (C=O) groups is 1. The van der Waals surface area contributed by atoms with E-state index >= 15 is 0 Å². The van der Waals surface area contributed by atoms with Gasteiger partial charge in [0.1, 0.15) is 5.01 Å². The van der Waals surface area contributed by atoms with Crippen molar-refractivity contribution in [2.75, 3.05) is 5.32 Å². The monoisotopic (exact) mass is 491 g/mol. The zero-order valence-corrected chi connectivity index (χ0v) is 20.8. The van der Waals surface area contributed by atoms with Crippen molar-refractivity contribution in [3.05, 3.63) is 113 Å². The van der Waals surface area contributed by atoms with Gasteiger partial charge in [-0.15, -0.1) is 11.3 Å². The summed E-state index contributed by atoms with van der Waals surface area (Å²) in [5.74, 6) is 0.366. The Labute approximate surface area is 214 Å². The van der Waals surface area contributed by atoms with Gasteiger partial charge in [-0.05, 0) is 49.7 Å². The minimum atomic E-state index is -0.147. The molecule has 0 radical (unpaired) electrons. The smallest absolute Gasteiger partial charge is 0.251 e. The number of nitrogens with one attached hydrogen (secondary N) is 2. The van der Waals surface area contributed by atoms with Crippen LogP contribution >= 0.6 is 11.3 Å². The van der Waals surface area contributed by atoms with Crippen LogP contribution in [0.4, 0.5) is 11.6 Å². The highest BCUT2D eigenvalue weighted by molar-refractivity contribution is 7.13. The van der Waals surface area contributed by atoms with Crippen molar-refractivity contribution in [2.45, 2.75) is 20.4 Å². The third-order valence-corrected chi connectivity index (χ3v) is 6.46. The summed E-state index contributed by atoms with van der Waals surface area (Å²) in [5, 5.41) is 9.23. The summed E-state index contributed by atoms with van der Waals surface area (Å²) in [6, 6.07) is 27.5. The predicted octanol–water partition coefficient (Wildman–Crippen LogP) is 6.56. The summed E-state index contributed by atoms with van der Waals surface area (Å²) in [5.41, 5.74) is 7.20. The normalized spacial score (nSPS) is 10.7. The fourth-order valence-corrected chi connectivity index (χ4v) is 4.72. The molecule has 5 rings (SSSR count). The Hall–Kier alpha value is -4.36. The molecule has 5 aromatic rings. The number of rotatable bonds is 7. The molecule has 0 bridgehead atoms. The van der Waals surface area contributed by atoms with Gasteiger partial charge in [-0.25, -0.2) is 15.0 Å². The topological polar surface area (TPSA) is 79.8 Å². The van der Waals surface area contributed by atoms with E-state index < -0.39 is 0 Å². The molecule has 178 valence electrons. The van der Waals surface area contributed by atoms with E-state index in [1.807, 2.05) is 68.4 Å². The lowest BCUT2D eigenvalue weighted by molar-refractivity contribution is 0.0951. The summed E-state index contributed by atoms with van der Waals surface area (Å²) in [6.45, 7) is 4.27. The number of amides is 1. The minimum absolute atomic E-state index is 0.147. The maximum absolute atomic E-state index is 12.9. The van der Waals surface area contributed by atoms with Gasteiger partial charge in [0.05, 0.1) is 5.69 Å². The average Bonchev–Trinajstić information content (AvgIpc) is 3.38. The molecule has 0 saturated heterocycles. The van der Waals surface area contributed by atoms with Crippen molar-refractivity contribution < 1.29 is 4.79 Å². The Balaban J connectivity index is 1.25. The lowest BCUT2D eigenvalue weighted by Crippen LogP contribution is -2.22. The van der Waals surface area contributed by atoms with Gasteiger partial charge in [0.25, 0.3) is 5.91 Å². The molecule has 0 unspecified atom stereocenters. The van der Waals surface area contributed by atoms with Crippen LogP contribution in [0.1, 0.15) is 27.3 Å². The zero-order chi connectivity index (χ0) is 24.9. The Kier molecular flexibility index (Phi) is 6.82. The molecule has 1 amide bonds. The minimum Gasteiger partial charge on any atom is -0.348 e. The first-order valence-corrected chi connectivity index (χ1v) is 12.5. The van der Waals surface area contributed by atoms with Gasteiger partial charge < -0.3 is 10.6 Å². The van der Waals surface area contributed by atoms with E-state index in [9.17, 15) is 4.79 Å². The molecular formula is C29H25N5OS. The van der Waals surface area contributed by atoms with E-state index in [0.717, 1.165) is 44.5 Å². The predicted molar refractivity (Wildman–Crippen MR) is 145 cm³/mol. The first kappa shape index (κ1) is 23.4. The fraction of sp³-hybridized carbons (Fsp3) is 0.103. The molecular weight excluding hydrogens is 466 g/mol. The lowest BCUT2D eigenvalue weighted by Gasteiger charge is -2.10. The molecule has 0 aliphatic carbocycles. The summed E-state index contributed by atoms with van der Waals surface area (Å²) in [7, 11) is 0. The molecule has 6 nitrogen and oxygen atoms in total. The fourth-order valence-electron chi connectivity index (χ4n) is 3.90. The van der Waals surface area contributed by atoms with Crippen molar-refractivity contribution in [3.63, 3.8) is 0 Å². The molecule has 2 aromatic heterocycles. The number of aryl methyl sites for hydroxylation is 2. The van der Waals surface area contributed by atoms with Crippen molar-refractivity contribution in [3.8, 4) is 21.8 Å². The summed E-state index contributed by atoms with van der Waals surface area (Å²) >= 11 is 1.62. The van der Waals surface area contributed by atoms with Gasteiger partial charge in [-0.1, -0.05) is 54.6 Å². The third kappa shape index (κ3) is 5.64. The first-order chi connectivity index (χ1) is 17.5. The third-order valence-electron chi connectivity index (χ3n) is 5.56. The van der Waals surface area contributed by atoms with Crippen LogP contribution in [-0.2, 0) is 6.54 Å². The van der Waals surface area contributed by atoms with Crippen molar-refractivity contribution in [1.29, 1.82) is 0 Å². The number of thiazole rings is 1. The Bertz CT molecular complexity index is 1490. The number of anilines is 2. The Morgan fingerprint density at radius 3 is 2.36 bits per heavy atom. The molecule has 0 fully saturated rings. The SMILES string of the molecule is Cc1cc(C)nc(Nc2cccc(C(=O)NCc3cccc(-c4nc(-c5ccccc5)cs4)c3)c2)n1. The summed E-state index contributed by atoms with van der Waals surface area (Å²) < 4.78 is 0. The van der Waals surface area contributed by atoms with Crippen LogP contribution in [0.25, 0.3) is 21.8 Å². The summed E-state index contributed by atoms with van der Waals surface area (Å²) in [6.07, 6.45) is 0. The van der Waals surface area contributed by atoms with Gasteiger partial charge in [0, 0.05) is 45.7 Å². The first-order valence-electron chi connectivity index (χ1n) is 11.6. The van der Waals surface area contributed by atoms with Crippen molar-refractivity contribution >= 4 is 28.9 Å². The lowest BCUT2D eigenvalue weighted by atomic mass is 10.1. The average molecular weight is 492 g/mol. The second kappa shape index (κ2) is 10.5. The van der Waals surface area contributed by atoms with Crippen LogP contribution in [0, 0.1) is 13.8 Å². The molecule has 0 aliphatic rings. The molecule has 3 aromatic carbocycles. The standard InChI is InChI=1S/C29H25N5OS/c1-19-14-20(2)32-29(31-19)33-25-13-7-11-23(16-25)27(35)30-17-21-8-6-12-24(15-21)28-34-26(18-36-28)22-9-4-3-5-10-22/h3-16,18H,17H2,1-2H3,(H,30,35)(H,31,32,33). The molecule has 2 heterocycles. The van der Waals surface area contributed by atoms with E-state index in [1.165, 1.54) is 0 Å². The van der Waals surface area contributed by atoms with Crippen LogP contribution in [0.2, 0.25) is 0 Å². The van der Waals surface area contributed by atoms with Crippen LogP contribution in [0.3, 0.4) is 0 Å². The number of benzene rings is 3. The van der Waals surface area contributed by atoms with Gasteiger partial charge in [0.2, 0.25) is 5.95 Å². The van der Waals surface area contributed by atoms with Gasteiger partial charge in [-0.3, -0.25) is 4.79 Å². The van der Waals surface area contributed by atoms with Gasteiger partial charge in [-0.2, -0.15) is 0 Å². The second-order valence-electron chi connectivity index (χ2n) is 8.47. The summed E-state index contributed by atoms with van der Waals surface area (Å²) in [4.78, 5) is 26.5. The number of hydrogen-bond acceptors (Lipinski definition) is 6. The quantitative estimate of drug-likeness (QED) is 0.270.